The third-order valence-electron chi connectivity index (χ3n) is 5.77. The smallest absolute Gasteiger partial charge is 0.410 e. The number of fused-ring (bicyclic) bond motifs is 1. The Labute approximate surface area is 175 Å². The molecule has 4 rings (SSSR count). The average molecular weight is 412 g/mol. The van der Waals surface area contributed by atoms with Crippen molar-refractivity contribution in [2.75, 3.05) is 39.8 Å². The van der Waals surface area contributed by atoms with Crippen LogP contribution in [-0.2, 0) is 22.5 Å². The first kappa shape index (κ1) is 20.3. The fourth-order valence-corrected chi connectivity index (χ4v) is 4.19. The number of aromatic nitrogens is 1. The zero-order valence-electron chi connectivity index (χ0n) is 17.0. The molecule has 1 aromatic carbocycles. The third-order valence-corrected chi connectivity index (χ3v) is 5.77. The van der Waals surface area contributed by atoms with Crippen LogP contribution >= 0.6 is 0 Å². The summed E-state index contributed by atoms with van der Waals surface area (Å²) in [6.45, 7) is 3.60. The van der Waals surface area contributed by atoms with E-state index in [1.54, 1.807) is 17.2 Å². The van der Waals surface area contributed by atoms with Crippen molar-refractivity contribution in [2.45, 2.75) is 19.0 Å². The molecular weight excluding hydrogens is 387 g/mol. The van der Waals surface area contributed by atoms with Gasteiger partial charge in [-0.25, -0.2) is 9.18 Å². The van der Waals surface area contributed by atoms with E-state index in [0.717, 1.165) is 17.8 Å². The number of methoxy groups -OCH3 is 1. The maximum atomic E-state index is 14.0. The second kappa shape index (κ2) is 8.79. The van der Waals surface area contributed by atoms with Gasteiger partial charge in [0.15, 0.2) is 0 Å². The molecule has 7 nitrogen and oxygen atoms in total. The summed E-state index contributed by atoms with van der Waals surface area (Å²) < 4.78 is 18.9. The van der Waals surface area contributed by atoms with Gasteiger partial charge in [0.1, 0.15) is 11.9 Å². The summed E-state index contributed by atoms with van der Waals surface area (Å²) in [6, 6.07) is 9.43. The van der Waals surface area contributed by atoms with E-state index in [4.69, 9.17) is 4.74 Å². The van der Waals surface area contributed by atoms with E-state index < -0.39 is 18.0 Å². The van der Waals surface area contributed by atoms with Gasteiger partial charge in [0.05, 0.1) is 12.8 Å². The van der Waals surface area contributed by atoms with Crippen molar-refractivity contribution in [1.29, 1.82) is 0 Å². The van der Waals surface area contributed by atoms with Gasteiger partial charge in [-0.05, 0) is 41.8 Å². The van der Waals surface area contributed by atoms with Crippen molar-refractivity contribution >= 4 is 12.0 Å². The van der Waals surface area contributed by atoms with Crippen LogP contribution < -0.4 is 0 Å². The van der Waals surface area contributed by atoms with Crippen LogP contribution in [0, 0.1) is 5.82 Å². The van der Waals surface area contributed by atoms with Crippen molar-refractivity contribution in [3.63, 3.8) is 0 Å². The highest BCUT2D eigenvalue weighted by Gasteiger charge is 2.39. The molecule has 0 bridgehead atoms. The van der Waals surface area contributed by atoms with Crippen molar-refractivity contribution < 1.29 is 18.7 Å². The summed E-state index contributed by atoms with van der Waals surface area (Å²) in [7, 11) is 1.29. The van der Waals surface area contributed by atoms with Crippen LogP contribution in [0.25, 0.3) is 0 Å². The molecule has 30 heavy (non-hydrogen) atoms. The number of halogens is 1. The lowest BCUT2D eigenvalue weighted by Gasteiger charge is -2.41. The summed E-state index contributed by atoms with van der Waals surface area (Å²) >= 11 is 0. The molecule has 2 amide bonds. The van der Waals surface area contributed by atoms with Crippen molar-refractivity contribution in [2.24, 2.45) is 0 Å². The topological polar surface area (TPSA) is 66.0 Å². The highest BCUT2D eigenvalue weighted by Crippen LogP contribution is 2.32. The molecule has 1 fully saturated rings. The summed E-state index contributed by atoms with van der Waals surface area (Å²) in [5.74, 6) is -0.608. The Kier molecular flexibility index (Phi) is 5.94. The van der Waals surface area contributed by atoms with Gasteiger partial charge in [0, 0.05) is 45.5 Å². The first-order valence-electron chi connectivity index (χ1n) is 10.1. The van der Waals surface area contributed by atoms with Gasteiger partial charge in [0.2, 0.25) is 5.91 Å². The molecule has 1 saturated heterocycles. The highest BCUT2D eigenvalue weighted by atomic mass is 19.1. The number of rotatable bonds is 3. The number of ether oxygens (including phenoxy) is 1. The number of nitrogens with zero attached hydrogens (tertiary/aromatic N) is 4. The van der Waals surface area contributed by atoms with E-state index in [-0.39, 0.29) is 5.91 Å². The number of hydrogen-bond donors (Lipinski definition) is 0. The van der Waals surface area contributed by atoms with Crippen LogP contribution in [0.1, 0.15) is 22.9 Å². The van der Waals surface area contributed by atoms with Crippen LogP contribution in [0.5, 0.6) is 0 Å². The zero-order chi connectivity index (χ0) is 21.1. The van der Waals surface area contributed by atoms with Gasteiger partial charge in [-0.3, -0.25) is 19.6 Å². The van der Waals surface area contributed by atoms with Crippen molar-refractivity contribution in [3.05, 3.63) is 65.2 Å². The number of amides is 2. The Balaban J connectivity index is 1.50. The van der Waals surface area contributed by atoms with E-state index in [0.29, 0.717) is 44.7 Å². The van der Waals surface area contributed by atoms with Gasteiger partial charge in [-0.2, -0.15) is 0 Å². The van der Waals surface area contributed by atoms with Crippen LogP contribution in [0.4, 0.5) is 9.18 Å². The maximum Gasteiger partial charge on any atom is 0.410 e. The van der Waals surface area contributed by atoms with Crippen LogP contribution in [0.15, 0.2) is 42.6 Å². The van der Waals surface area contributed by atoms with Gasteiger partial charge in [0.25, 0.3) is 0 Å². The highest BCUT2D eigenvalue weighted by molar-refractivity contribution is 5.88. The second-order valence-electron chi connectivity index (χ2n) is 7.58. The molecule has 0 saturated carbocycles. The minimum atomic E-state index is -0.862. The quantitative estimate of drug-likeness (QED) is 0.774. The molecule has 0 N–H and O–H groups in total. The summed E-state index contributed by atoms with van der Waals surface area (Å²) in [4.78, 5) is 35.6. The minimum absolute atomic E-state index is 0.190. The largest absolute Gasteiger partial charge is 0.453 e. The van der Waals surface area contributed by atoms with Crippen LogP contribution in [-0.4, -0.2) is 71.5 Å². The molecule has 0 aliphatic carbocycles. The minimum Gasteiger partial charge on any atom is -0.453 e. The fraction of sp³-hybridized carbons (Fsp3) is 0.409. The van der Waals surface area contributed by atoms with E-state index in [1.165, 1.54) is 24.1 Å². The molecule has 158 valence electrons. The van der Waals surface area contributed by atoms with E-state index in [2.05, 4.69) is 9.88 Å². The summed E-state index contributed by atoms with van der Waals surface area (Å²) in [6.07, 6.45) is 1.76. The first-order valence-corrected chi connectivity index (χ1v) is 10.1. The lowest BCUT2D eigenvalue weighted by molar-refractivity contribution is -0.139. The molecule has 2 aromatic rings. The molecular formula is C22H25FN4O3. The van der Waals surface area contributed by atoms with Crippen molar-refractivity contribution in [1.82, 2.24) is 19.7 Å². The number of carbonyl (C=O) groups excluding carboxylic acids is 2. The zero-order valence-corrected chi connectivity index (χ0v) is 17.0. The summed E-state index contributed by atoms with van der Waals surface area (Å²) in [5.41, 5.74) is 2.43. The Morgan fingerprint density at radius 2 is 1.93 bits per heavy atom. The molecule has 0 radical (unpaired) electrons. The molecule has 1 atom stereocenters. The number of hydrogen-bond acceptors (Lipinski definition) is 5. The SMILES string of the molecule is COC(=O)N1CCc2ccc(F)cc2C1C(=O)N1CCN(Cc2ccccn2)CC1. The molecule has 3 heterocycles. The van der Waals surface area contributed by atoms with E-state index in [1.807, 2.05) is 18.2 Å². The Morgan fingerprint density at radius 1 is 1.13 bits per heavy atom. The lowest BCUT2D eigenvalue weighted by atomic mass is 9.91. The van der Waals surface area contributed by atoms with Crippen LogP contribution in [0.3, 0.4) is 0 Å². The predicted molar refractivity (Wildman–Crippen MR) is 108 cm³/mol. The molecule has 1 unspecified atom stereocenters. The van der Waals surface area contributed by atoms with Crippen LogP contribution in [0.2, 0.25) is 0 Å². The van der Waals surface area contributed by atoms with E-state index in [9.17, 15) is 14.0 Å². The van der Waals surface area contributed by atoms with Gasteiger partial charge in [-0.1, -0.05) is 12.1 Å². The third kappa shape index (κ3) is 4.14. The monoisotopic (exact) mass is 412 g/mol. The Morgan fingerprint density at radius 3 is 2.63 bits per heavy atom. The Bertz CT molecular complexity index is 916. The van der Waals surface area contributed by atoms with Gasteiger partial charge in [-0.15, -0.1) is 0 Å². The standard InChI is InChI=1S/C22H25FN4O3/c1-30-22(29)27-9-7-16-5-6-17(23)14-19(16)20(27)21(28)26-12-10-25(11-13-26)15-18-4-2-3-8-24-18/h2-6,8,14,20H,7,9-13,15H2,1H3. The normalized spacial score (nSPS) is 19.3. The number of piperazine rings is 1. The van der Waals surface area contributed by atoms with E-state index >= 15 is 0 Å². The molecule has 2 aliphatic heterocycles. The lowest BCUT2D eigenvalue weighted by Crippen LogP contribution is -2.54. The van der Waals surface area contributed by atoms with Gasteiger partial charge < -0.3 is 9.64 Å². The van der Waals surface area contributed by atoms with Crippen molar-refractivity contribution in [3.8, 4) is 0 Å². The predicted octanol–water partition coefficient (Wildman–Crippen LogP) is 2.23. The molecule has 0 spiro atoms. The summed E-state index contributed by atoms with van der Waals surface area (Å²) in [5, 5.41) is 0. The number of carbonyl (C=O) groups is 2. The van der Waals surface area contributed by atoms with Gasteiger partial charge >= 0.3 is 6.09 Å². The molecule has 2 aliphatic rings. The Hall–Kier alpha value is -3.00. The first-order chi connectivity index (χ1) is 14.6. The number of benzene rings is 1. The molecule has 1 aromatic heterocycles. The fourth-order valence-electron chi connectivity index (χ4n) is 4.19. The molecule has 8 heteroatoms. The maximum absolute atomic E-state index is 14.0. The second-order valence-corrected chi connectivity index (χ2v) is 7.58. The average Bonchev–Trinajstić information content (AvgIpc) is 2.78. The number of pyridine rings is 1.